The van der Waals surface area contributed by atoms with Crippen LogP contribution in [-0.4, -0.2) is 44.8 Å². The van der Waals surface area contributed by atoms with Gasteiger partial charge in [-0.25, -0.2) is 4.79 Å². The molecule has 0 radical (unpaired) electrons. The standard InChI is InChI=1S/C14H18N2O5/c1-9(17)16-11(14(18)19-2)8-15-10-3-4-12-13(7-10)21-6-5-20-12/h3-4,7,11,15H,5-6,8H2,1-2H3,(H,16,17). The minimum atomic E-state index is -0.749. The van der Waals surface area contributed by atoms with Crippen LogP contribution in [0.25, 0.3) is 0 Å². The Hall–Kier alpha value is -2.44. The van der Waals surface area contributed by atoms with Gasteiger partial charge in [0.25, 0.3) is 0 Å². The summed E-state index contributed by atoms with van der Waals surface area (Å²) in [5.74, 6) is 0.545. The molecule has 0 fully saturated rings. The number of carbonyl (C=O) groups is 2. The number of esters is 1. The van der Waals surface area contributed by atoms with Crippen LogP contribution in [0.1, 0.15) is 6.92 Å². The average molecular weight is 294 g/mol. The van der Waals surface area contributed by atoms with Crippen LogP contribution in [0.2, 0.25) is 0 Å². The summed E-state index contributed by atoms with van der Waals surface area (Å²) in [6, 6.07) is 4.65. The lowest BCUT2D eigenvalue weighted by Crippen LogP contribution is -2.45. The summed E-state index contributed by atoms with van der Waals surface area (Å²) in [6.45, 7) is 2.60. The maximum absolute atomic E-state index is 11.6. The highest BCUT2D eigenvalue weighted by Crippen LogP contribution is 2.32. The third kappa shape index (κ3) is 4.01. The van der Waals surface area contributed by atoms with Crippen molar-refractivity contribution in [3.8, 4) is 11.5 Å². The van der Waals surface area contributed by atoms with Gasteiger partial charge in [-0.05, 0) is 12.1 Å². The first-order chi connectivity index (χ1) is 10.1. The van der Waals surface area contributed by atoms with E-state index < -0.39 is 12.0 Å². The molecular formula is C14H18N2O5. The van der Waals surface area contributed by atoms with Crippen molar-refractivity contribution in [1.82, 2.24) is 5.32 Å². The van der Waals surface area contributed by atoms with E-state index in [4.69, 9.17) is 9.47 Å². The molecule has 1 amide bonds. The highest BCUT2D eigenvalue weighted by Gasteiger charge is 2.20. The Morgan fingerprint density at radius 2 is 2.00 bits per heavy atom. The number of anilines is 1. The van der Waals surface area contributed by atoms with Crippen molar-refractivity contribution in [1.29, 1.82) is 0 Å². The molecule has 0 spiro atoms. The number of benzene rings is 1. The Balaban J connectivity index is 1.99. The SMILES string of the molecule is COC(=O)C(CNc1ccc2c(c1)OCCO2)NC(C)=O. The van der Waals surface area contributed by atoms with Crippen LogP contribution in [-0.2, 0) is 14.3 Å². The Morgan fingerprint density at radius 3 is 2.67 bits per heavy atom. The number of rotatable bonds is 5. The predicted molar refractivity (Wildman–Crippen MR) is 75.5 cm³/mol. The van der Waals surface area contributed by atoms with Crippen molar-refractivity contribution in [2.75, 3.05) is 32.2 Å². The number of fused-ring (bicyclic) bond motifs is 1. The molecule has 1 unspecified atom stereocenters. The number of hydrogen-bond acceptors (Lipinski definition) is 6. The van der Waals surface area contributed by atoms with Crippen LogP contribution in [0.15, 0.2) is 18.2 Å². The van der Waals surface area contributed by atoms with Crippen LogP contribution in [0.5, 0.6) is 11.5 Å². The Bertz CT molecular complexity index is 532. The molecule has 1 aliphatic heterocycles. The quantitative estimate of drug-likeness (QED) is 0.771. The molecule has 21 heavy (non-hydrogen) atoms. The van der Waals surface area contributed by atoms with E-state index in [9.17, 15) is 9.59 Å². The second-order valence-electron chi connectivity index (χ2n) is 4.52. The fourth-order valence-electron chi connectivity index (χ4n) is 1.95. The third-order valence-corrected chi connectivity index (χ3v) is 2.92. The van der Waals surface area contributed by atoms with Gasteiger partial charge in [-0.3, -0.25) is 4.79 Å². The third-order valence-electron chi connectivity index (χ3n) is 2.92. The van der Waals surface area contributed by atoms with E-state index in [1.807, 2.05) is 6.07 Å². The summed E-state index contributed by atoms with van der Waals surface area (Å²) in [4.78, 5) is 22.7. The first kappa shape index (κ1) is 15.0. The minimum Gasteiger partial charge on any atom is -0.486 e. The summed E-state index contributed by atoms with van der Waals surface area (Å²) in [6.07, 6.45) is 0. The van der Waals surface area contributed by atoms with E-state index in [1.54, 1.807) is 12.1 Å². The summed E-state index contributed by atoms with van der Waals surface area (Å²) in [5.41, 5.74) is 0.763. The monoisotopic (exact) mass is 294 g/mol. The lowest BCUT2D eigenvalue weighted by molar-refractivity contribution is -0.144. The smallest absolute Gasteiger partial charge is 0.330 e. The van der Waals surface area contributed by atoms with Crippen molar-refractivity contribution in [3.63, 3.8) is 0 Å². The highest BCUT2D eigenvalue weighted by atomic mass is 16.6. The van der Waals surface area contributed by atoms with Gasteiger partial charge in [-0.2, -0.15) is 0 Å². The Morgan fingerprint density at radius 1 is 1.29 bits per heavy atom. The lowest BCUT2D eigenvalue weighted by atomic mass is 10.2. The maximum Gasteiger partial charge on any atom is 0.330 e. The van der Waals surface area contributed by atoms with Crippen molar-refractivity contribution in [2.45, 2.75) is 13.0 Å². The summed E-state index contributed by atoms with van der Waals surface area (Å²) in [7, 11) is 1.28. The second kappa shape index (κ2) is 6.83. The molecule has 2 N–H and O–H groups in total. The van der Waals surface area contributed by atoms with E-state index in [-0.39, 0.29) is 12.5 Å². The van der Waals surface area contributed by atoms with Gasteiger partial charge in [0.15, 0.2) is 11.5 Å². The number of methoxy groups -OCH3 is 1. The van der Waals surface area contributed by atoms with Gasteiger partial charge in [-0.1, -0.05) is 0 Å². The second-order valence-corrected chi connectivity index (χ2v) is 4.52. The first-order valence-corrected chi connectivity index (χ1v) is 6.58. The molecule has 1 heterocycles. The van der Waals surface area contributed by atoms with Gasteiger partial charge in [0.1, 0.15) is 19.3 Å². The van der Waals surface area contributed by atoms with Crippen molar-refractivity contribution < 1.29 is 23.8 Å². The molecule has 0 saturated heterocycles. The summed E-state index contributed by atoms with van der Waals surface area (Å²) in [5, 5.41) is 5.60. The van der Waals surface area contributed by atoms with E-state index in [0.717, 1.165) is 5.69 Å². The average Bonchev–Trinajstić information content (AvgIpc) is 2.50. The topological polar surface area (TPSA) is 85.9 Å². The van der Waals surface area contributed by atoms with E-state index in [2.05, 4.69) is 15.4 Å². The van der Waals surface area contributed by atoms with Crippen molar-refractivity contribution in [2.24, 2.45) is 0 Å². The van der Waals surface area contributed by atoms with Gasteiger partial charge < -0.3 is 24.8 Å². The van der Waals surface area contributed by atoms with Crippen LogP contribution in [0.4, 0.5) is 5.69 Å². The molecule has 2 rings (SSSR count). The Labute approximate surface area is 122 Å². The van der Waals surface area contributed by atoms with E-state index in [0.29, 0.717) is 24.7 Å². The first-order valence-electron chi connectivity index (χ1n) is 6.58. The molecular weight excluding hydrogens is 276 g/mol. The number of hydrogen-bond donors (Lipinski definition) is 2. The van der Waals surface area contributed by atoms with Gasteiger partial charge in [0.05, 0.1) is 7.11 Å². The van der Waals surface area contributed by atoms with Gasteiger partial charge in [0.2, 0.25) is 5.91 Å². The zero-order chi connectivity index (χ0) is 15.2. The fraction of sp³-hybridized carbons (Fsp3) is 0.429. The van der Waals surface area contributed by atoms with E-state index in [1.165, 1.54) is 14.0 Å². The molecule has 114 valence electrons. The van der Waals surface area contributed by atoms with Crippen LogP contribution in [0.3, 0.4) is 0 Å². The fourth-order valence-corrected chi connectivity index (χ4v) is 1.95. The normalized spacial score (nSPS) is 14.0. The van der Waals surface area contributed by atoms with Gasteiger partial charge in [-0.15, -0.1) is 0 Å². The molecule has 0 bridgehead atoms. The molecule has 0 saturated carbocycles. The largest absolute Gasteiger partial charge is 0.486 e. The number of amides is 1. The van der Waals surface area contributed by atoms with Gasteiger partial charge in [0, 0.05) is 25.2 Å². The highest BCUT2D eigenvalue weighted by molar-refractivity contribution is 5.83. The molecule has 1 aliphatic rings. The van der Waals surface area contributed by atoms with Crippen molar-refractivity contribution in [3.05, 3.63) is 18.2 Å². The van der Waals surface area contributed by atoms with Crippen LogP contribution >= 0.6 is 0 Å². The van der Waals surface area contributed by atoms with Crippen LogP contribution in [0, 0.1) is 0 Å². The number of carbonyl (C=O) groups excluding carboxylic acids is 2. The van der Waals surface area contributed by atoms with Crippen LogP contribution < -0.4 is 20.1 Å². The predicted octanol–water partition coefficient (Wildman–Crippen LogP) is 0.547. The molecule has 7 nitrogen and oxygen atoms in total. The number of nitrogens with one attached hydrogen (secondary N) is 2. The molecule has 0 aromatic heterocycles. The van der Waals surface area contributed by atoms with Crippen molar-refractivity contribution >= 4 is 17.6 Å². The lowest BCUT2D eigenvalue weighted by Gasteiger charge is -2.20. The molecule has 1 aromatic carbocycles. The number of ether oxygens (including phenoxy) is 3. The molecule has 7 heteroatoms. The van der Waals surface area contributed by atoms with Gasteiger partial charge >= 0.3 is 5.97 Å². The Kier molecular flexibility index (Phi) is 4.86. The molecule has 1 aromatic rings. The zero-order valence-corrected chi connectivity index (χ0v) is 12.0. The summed E-state index contributed by atoms with van der Waals surface area (Å²) >= 11 is 0. The molecule has 0 aliphatic carbocycles. The van der Waals surface area contributed by atoms with E-state index >= 15 is 0 Å². The maximum atomic E-state index is 11.6. The minimum absolute atomic E-state index is 0.214. The zero-order valence-electron chi connectivity index (χ0n) is 12.0. The summed E-state index contributed by atoms with van der Waals surface area (Å²) < 4.78 is 15.6. The molecule has 1 atom stereocenters.